The highest BCUT2D eigenvalue weighted by atomic mass is 79.9. The molecule has 1 rings (SSSR count). The van der Waals surface area contributed by atoms with E-state index < -0.39 is 28.4 Å². The Morgan fingerprint density at radius 2 is 2.00 bits per heavy atom. The number of primary amides is 1. The fourth-order valence-corrected chi connectivity index (χ4v) is 3.34. The van der Waals surface area contributed by atoms with Crippen molar-refractivity contribution >= 4 is 37.8 Å². The summed E-state index contributed by atoms with van der Waals surface area (Å²) >= 11 is 3.08. The Bertz CT molecular complexity index is 642. The molecule has 0 radical (unpaired) electrons. The van der Waals surface area contributed by atoms with Crippen molar-refractivity contribution in [1.82, 2.24) is 4.72 Å². The molecule has 0 bridgehead atoms. The number of halogens is 1. The van der Waals surface area contributed by atoms with Crippen LogP contribution in [-0.2, 0) is 14.8 Å². The first kappa shape index (κ1) is 15.6. The predicted molar refractivity (Wildman–Crippen MR) is 70.2 cm³/mol. The maximum absolute atomic E-state index is 11.9. The van der Waals surface area contributed by atoms with E-state index in [4.69, 9.17) is 10.8 Å². The average Bonchev–Trinajstić information content (AvgIpc) is 2.29. The van der Waals surface area contributed by atoms with Crippen LogP contribution in [0.3, 0.4) is 0 Å². The molecule has 1 aromatic carbocycles. The Kier molecular flexibility index (Phi) is 4.66. The molecule has 0 fully saturated rings. The zero-order chi connectivity index (χ0) is 14.8. The van der Waals surface area contributed by atoms with Gasteiger partial charge in [-0.1, -0.05) is 0 Å². The van der Waals surface area contributed by atoms with Gasteiger partial charge >= 0.3 is 5.97 Å². The summed E-state index contributed by atoms with van der Waals surface area (Å²) in [5.41, 5.74) is 5.13. The Morgan fingerprint density at radius 3 is 2.47 bits per heavy atom. The summed E-state index contributed by atoms with van der Waals surface area (Å²) in [6.07, 6.45) is 0. The molecule has 19 heavy (non-hydrogen) atoms. The summed E-state index contributed by atoms with van der Waals surface area (Å²) in [7, 11) is -4.03. The van der Waals surface area contributed by atoms with Crippen LogP contribution in [-0.4, -0.2) is 31.9 Å². The quantitative estimate of drug-likeness (QED) is 0.699. The van der Waals surface area contributed by atoms with Crippen LogP contribution in [0.5, 0.6) is 0 Å². The monoisotopic (exact) mass is 350 g/mol. The van der Waals surface area contributed by atoms with E-state index in [1.807, 2.05) is 4.72 Å². The van der Waals surface area contributed by atoms with Gasteiger partial charge < -0.3 is 10.8 Å². The molecule has 1 amide bonds. The lowest BCUT2D eigenvalue weighted by Crippen LogP contribution is -2.33. The van der Waals surface area contributed by atoms with Gasteiger partial charge in [-0.2, -0.15) is 0 Å². The van der Waals surface area contributed by atoms with Gasteiger partial charge in [0.25, 0.3) is 0 Å². The third-order valence-electron chi connectivity index (χ3n) is 2.19. The second kappa shape index (κ2) is 5.68. The lowest BCUT2D eigenvalue weighted by molar-refractivity contribution is -0.116. The third-order valence-corrected chi connectivity index (χ3v) is 4.93. The van der Waals surface area contributed by atoms with E-state index >= 15 is 0 Å². The highest BCUT2D eigenvalue weighted by molar-refractivity contribution is 9.10. The van der Waals surface area contributed by atoms with E-state index in [9.17, 15) is 18.0 Å². The number of hydrogen-bond acceptors (Lipinski definition) is 4. The van der Waals surface area contributed by atoms with Gasteiger partial charge in [-0.3, -0.25) is 4.79 Å². The van der Waals surface area contributed by atoms with E-state index in [1.54, 1.807) is 6.92 Å². The number of sulfonamides is 1. The molecule has 0 aromatic heterocycles. The zero-order valence-corrected chi connectivity index (χ0v) is 12.2. The molecule has 1 aromatic rings. The molecule has 4 N–H and O–H groups in total. The number of rotatable bonds is 5. The molecule has 9 heteroatoms. The Balaban J connectivity index is 3.33. The number of amides is 1. The first-order chi connectivity index (χ1) is 8.65. The fraction of sp³-hybridized carbons (Fsp3) is 0.200. The molecule has 0 saturated carbocycles. The maximum Gasteiger partial charge on any atom is 0.335 e. The third kappa shape index (κ3) is 3.75. The Hall–Kier alpha value is -1.45. The van der Waals surface area contributed by atoms with Gasteiger partial charge in [-0.05, 0) is 40.5 Å². The zero-order valence-electron chi connectivity index (χ0n) is 9.81. The average molecular weight is 351 g/mol. The minimum Gasteiger partial charge on any atom is -0.478 e. The number of aromatic carboxylic acids is 1. The highest BCUT2D eigenvalue weighted by Crippen LogP contribution is 2.27. The van der Waals surface area contributed by atoms with Gasteiger partial charge in [-0.25, -0.2) is 17.9 Å². The van der Waals surface area contributed by atoms with Crippen molar-refractivity contribution in [2.24, 2.45) is 5.73 Å². The standard InChI is InChI=1S/C10H11BrN2O5S/c1-5-2-6(10(15)16)3-7(9(5)11)19(17,18)13-4-8(12)14/h2-3,13H,4H2,1H3,(H2,12,14)(H,15,16). The summed E-state index contributed by atoms with van der Waals surface area (Å²) in [6.45, 7) is 0.995. The second-order valence-corrected chi connectivity index (χ2v) is 6.23. The smallest absolute Gasteiger partial charge is 0.335 e. The molecule has 0 spiro atoms. The first-order valence-electron chi connectivity index (χ1n) is 4.96. The van der Waals surface area contributed by atoms with E-state index in [-0.39, 0.29) is 14.9 Å². The molecule has 0 heterocycles. The van der Waals surface area contributed by atoms with Crippen molar-refractivity contribution < 1.29 is 23.1 Å². The molecular weight excluding hydrogens is 340 g/mol. The number of carbonyl (C=O) groups is 2. The molecule has 0 atom stereocenters. The number of carboxylic acid groups (broad SMARTS) is 1. The number of aryl methyl sites for hydroxylation is 1. The number of nitrogens with one attached hydrogen (secondary N) is 1. The Morgan fingerprint density at radius 1 is 1.42 bits per heavy atom. The molecule has 0 aliphatic carbocycles. The van der Waals surface area contributed by atoms with Crippen LogP contribution in [0.4, 0.5) is 0 Å². The fourth-order valence-electron chi connectivity index (χ4n) is 1.30. The highest BCUT2D eigenvalue weighted by Gasteiger charge is 2.21. The van der Waals surface area contributed by atoms with Gasteiger partial charge in [0.1, 0.15) is 0 Å². The minimum absolute atomic E-state index is 0.167. The van der Waals surface area contributed by atoms with Crippen LogP contribution < -0.4 is 10.5 Å². The van der Waals surface area contributed by atoms with Crippen molar-refractivity contribution in [3.05, 3.63) is 27.7 Å². The van der Waals surface area contributed by atoms with Crippen molar-refractivity contribution in [3.63, 3.8) is 0 Å². The van der Waals surface area contributed by atoms with Crippen molar-refractivity contribution in [3.8, 4) is 0 Å². The maximum atomic E-state index is 11.9. The first-order valence-corrected chi connectivity index (χ1v) is 7.24. The van der Waals surface area contributed by atoms with Gasteiger partial charge in [0.2, 0.25) is 15.9 Å². The summed E-state index contributed by atoms with van der Waals surface area (Å²) in [4.78, 5) is 21.2. The molecule has 0 unspecified atom stereocenters. The summed E-state index contributed by atoms with van der Waals surface area (Å²) in [6, 6.07) is 2.34. The molecule has 0 aliphatic heterocycles. The molecule has 7 nitrogen and oxygen atoms in total. The SMILES string of the molecule is Cc1cc(C(=O)O)cc(S(=O)(=O)NCC(N)=O)c1Br. The van der Waals surface area contributed by atoms with Crippen LogP contribution in [0.2, 0.25) is 0 Å². The van der Waals surface area contributed by atoms with Gasteiger partial charge in [0.15, 0.2) is 0 Å². The summed E-state index contributed by atoms with van der Waals surface area (Å²) in [5, 5.41) is 8.90. The van der Waals surface area contributed by atoms with Crippen molar-refractivity contribution in [2.45, 2.75) is 11.8 Å². The van der Waals surface area contributed by atoms with E-state index in [2.05, 4.69) is 15.9 Å². The number of carboxylic acids is 1. The molecule has 0 aliphatic rings. The topological polar surface area (TPSA) is 127 Å². The second-order valence-electron chi connectivity index (χ2n) is 3.70. The normalized spacial score (nSPS) is 11.3. The van der Waals surface area contributed by atoms with Crippen LogP contribution in [0.1, 0.15) is 15.9 Å². The number of carbonyl (C=O) groups excluding carboxylic acids is 1. The van der Waals surface area contributed by atoms with Crippen LogP contribution in [0, 0.1) is 6.92 Å². The van der Waals surface area contributed by atoms with E-state index in [1.165, 1.54) is 6.07 Å². The largest absolute Gasteiger partial charge is 0.478 e. The molecular formula is C10H11BrN2O5S. The number of benzene rings is 1. The summed E-state index contributed by atoms with van der Waals surface area (Å²) in [5.74, 6) is -2.09. The summed E-state index contributed by atoms with van der Waals surface area (Å²) < 4.78 is 26.1. The lowest BCUT2D eigenvalue weighted by atomic mass is 10.1. The molecule has 0 saturated heterocycles. The van der Waals surface area contributed by atoms with E-state index in [0.29, 0.717) is 5.56 Å². The number of nitrogens with two attached hydrogens (primary N) is 1. The van der Waals surface area contributed by atoms with Crippen molar-refractivity contribution in [2.75, 3.05) is 6.54 Å². The van der Waals surface area contributed by atoms with Crippen molar-refractivity contribution in [1.29, 1.82) is 0 Å². The Labute approximate surface area is 118 Å². The lowest BCUT2D eigenvalue weighted by Gasteiger charge is -2.10. The van der Waals surface area contributed by atoms with Gasteiger partial charge in [0.05, 0.1) is 17.0 Å². The van der Waals surface area contributed by atoms with Gasteiger partial charge in [-0.15, -0.1) is 0 Å². The predicted octanol–water partition coefficient (Wildman–Crippen LogP) is 0.219. The molecule has 104 valence electrons. The minimum atomic E-state index is -4.03. The number of hydrogen-bond donors (Lipinski definition) is 3. The van der Waals surface area contributed by atoms with Crippen LogP contribution in [0.25, 0.3) is 0 Å². The van der Waals surface area contributed by atoms with Crippen LogP contribution >= 0.6 is 15.9 Å². The van der Waals surface area contributed by atoms with Crippen LogP contribution in [0.15, 0.2) is 21.5 Å². The van der Waals surface area contributed by atoms with Gasteiger partial charge in [0, 0.05) is 4.47 Å². The van der Waals surface area contributed by atoms with E-state index in [0.717, 1.165) is 6.07 Å².